The minimum absolute atomic E-state index is 0.522. The molecule has 47 heavy (non-hydrogen) atoms. The maximum atomic E-state index is 6.42. The standard InChI is InChI=1S/C40H22N4O3/c1-2-11-23(12-3-1)37-42-38(25-14-8-20-31-34(25)24-13-4-6-18-29(24)45-31)44-39(43-37)26-15-9-21-32-35(26)36-27(16-10-22-33(36)46-32)40-41-28-17-5-7-19-30(28)47-40/h1-22H. The van der Waals surface area contributed by atoms with Crippen molar-refractivity contribution in [2.45, 2.75) is 0 Å². The summed E-state index contributed by atoms with van der Waals surface area (Å²) in [6, 6.07) is 43.7. The zero-order chi connectivity index (χ0) is 30.9. The molecule has 0 aliphatic rings. The second kappa shape index (κ2) is 9.95. The van der Waals surface area contributed by atoms with Crippen molar-refractivity contribution in [3.05, 3.63) is 133 Å². The molecule has 0 amide bonds. The van der Waals surface area contributed by atoms with Crippen LogP contribution in [0.4, 0.5) is 0 Å². The molecule has 0 bridgehead atoms. The fourth-order valence-corrected chi connectivity index (χ4v) is 6.51. The molecule has 0 aliphatic heterocycles. The molecule has 10 aromatic rings. The molecule has 4 aromatic heterocycles. The highest BCUT2D eigenvalue weighted by atomic mass is 16.4. The van der Waals surface area contributed by atoms with E-state index >= 15 is 0 Å². The first-order valence-corrected chi connectivity index (χ1v) is 15.3. The number of fused-ring (bicyclic) bond motifs is 7. The summed E-state index contributed by atoms with van der Waals surface area (Å²) in [5.41, 5.74) is 7.94. The highest BCUT2D eigenvalue weighted by Crippen LogP contribution is 2.42. The summed E-state index contributed by atoms with van der Waals surface area (Å²) < 4.78 is 18.9. The summed E-state index contributed by atoms with van der Waals surface area (Å²) in [4.78, 5) is 20.1. The predicted octanol–water partition coefficient (Wildman–Crippen LogP) is 10.5. The number of nitrogens with zero attached hydrogens (tertiary/aromatic N) is 4. The lowest BCUT2D eigenvalue weighted by Crippen LogP contribution is -2.00. The quantitative estimate of drug-likeness (QED) is 0.197. The maximum Gasteiger partial charge on any atom is 0.228 e. The van der Waals surface area contributed by atoms with Crippen molar-refractivity contribution in [2.24, 2.45) is 0 Å². The SMILES string of the molecule is c1ccc(-c2nc(-c3cccc4oc5ccccc5c34)nc(-c3cccc4oc5cccc(-c6nc7ccccc7o6)c5c34)n2)cc1. The number of hydrogen-bond acceptors (Lipinski definition) is 7. The third kappa shape index (κ3) is 4.00. The van der Waals surface area contributed by atoms with Gasteiger partial charge >= 0.3 is 0 Å². The molecule has 7 heteroatoms. The van der Waals surface area contributed by atoms with Gasteiger partial charge in [0.1, 0.15) is 27.8 Å². The van der Waals surface area contributed by atoms with Gasteiger partial charge in [-0.15, -0.1) is 0 Å². The fraction of sp³-hybridized carbons (Fsp3) is 0. The van der Waals surface area contributed by atoms with Crippen LogP contribution >= 0.6 is 0 Å². The minimum atomic E-state index is 0.522. The van der Waals surface area contributed by atoms with Crippen LogP contribution in [0.3, 0.4) is 0 Å². The summed E-state index contributed by atoms with van der Waals surface area (Å²) in [7, 11) is 0. The molecule has 7 nitrogen and oxygen atoms in total. The molecule has 0 fully saturated rings. The van der Waals surface area contributed by atoms with Crippen LogP contribution in [0.25, 0.3) is 101 Å². The molecule has 4 heterocycles. The Hall–Kier alpha value is -6.60. The summed E-state index contributed by atoms with van der Waals surface area (Å²) in [5.74, 6) is 2.17. The zero-order valence-electron chi connectivity index (χ0n) is 24.7. The number of para-hydroxylation sites is 3. The lowest BCUT2D eigenvalue weighted by atomic mass is 10.0. The number of rotatable bonds is 4. The predicted molar refractivity (Wildman–Crippen MR) is 184 cm³/mol. The highest BCUT2D eigenvalue weighted by Gasteiger charge is 2.23. The molecule has 0 unspecified atom stereocenters. The number of furan rings is 2. The molecular formula is C40H22N4O3. The molecule has 6 aromatic carbocycles. The van der Waals surface area contributed by atoms with E-state index in [-0.39, 0.29) is 0 Å². The lowest BCUT2D eigenvalue weighted by molar-refractivity contribution is 0.620. The molecule has 0 N–H and O–H groups in total. The van der Waals surface area contributed by atoms with Crippen LogP contribution in [-0.2, 0) is 0 Å². The molecule has 10 rings (SSSR count). The van der Waals surface area contributed by atoms with Gasteiger partial charge in [0, 0.05) is 43.8 Å². The van der Waals surface area contributed by atoms with E-state index in [1.54, 1.807) is 0 Å². The normalized spacial score (nSPS) is 11.8. The van der Waals surface area contributed by atoms with Crippen LogP contribution in [0.5, 0.6) is 0 Å². The average molecular weight is 607 g/mol. The van der Waals surface area contributed by atoms with Gasteiger partial charge in [-0.2, -0.15) is 0 Å². The molecule has 0 saturated heterocycles. The molecule has 0 radical (unpaired) electrons. The molecule has 0 saturated carbocycles. The summed E-state index contributed by atoms with van der Waals surface area (Å²) in [6.07, 6.45) is 0. The number of hydrogen-bond donors (Lipinski definition) is 0. The van der Waals surface area contributed by atoms with Crippen LogP contribution in [0.2, 0.25) is 0 Å². The second-order valence-electron chi connectivity index (χ2n) is 11.4. The van der Waals surface area contributed by atoms with Gasteiger partial charge in [0.2, 0.25) is 5.89 Å². The van der Waals surface area contributed by atoms with E-state index < -0.39 is 0 Å². The summed E-state index contributed by atoms with van der Waals surface area (Å²) in [6.45, 7) is 0. The topological polar surface area (TPSA) is 91.0 Å². The molecular weight excluding hydrogens is 584 g/mol. The number of oxazole rings is 1. The first-order valence-electron chi connectivity index (χ1n) is 15.3. The van der Waals surface area contributed by atoms with Crippen molar-refractivity contribution < 1.29 is 13.3 Å². The number of aromatic nitrogens is 4. The number of benzene rings is 6. The van der Waals surface area contributed by atoms with Gasteiger partial charge < -0.3 is 13.3 Å². The van der Waals surface area contributed by atoms with Gasteiger partial charge in [-0.3, -0.25) is 0 Å². The zero-order valence-corrected chi connectivity index (χ0v) is 24.7. The first kappa shape index (κ1) is 25.7. The Balaban J connectivity index is 1.27. The largest absolute Gasteiger partial charge is 0.456 e. The van der Waals surface area contributed by atoms with E-state index in [9.17, 15) is 0 Å². The monoisotopic (exact) mass is 606 g/mol. The first-order chi connectivity index (χ1) is 23.3. The van der Waals surface area contributed by atoms with E-state index in [4.69, 9.17) is 33.2 Å². The van der Waals surface area contributed by atoms with Gasteiger partial charge in [0.05, 0.1) is 0 Å². The molecule has 0 atom stereocenters. The van der Waals surface area contributed by atoms with Crippen LogP contribution in [-0.4, -0.2) is 19.9 Å². The molecule has 220 valence electrons. The van der Waals surface area contributed by atoms with Crippen molar-refractivity contribution in [3.8, 4) is 45.6 Å². The van der Waals surface area contributed by atoms with E-state index in [1.165, 1.54) is 0 Å². The minimum Gasteiger partial charge on any atom is -0.456 e. The summed E-state index contributed by atoms with van der Waals surface area (Å²) >= 11 is 0. The third-order valence-electron chi connectivity index (χ3n) is 8.60. The van der Waals surface area contributed by atoms with Crippen molar-refractivity contribution in [1.29, 1.82) is 0 Å². The van der Waals surface area contributed by atoms with E-state index in [1.807, 2.05) is 127 Å². The van der Waals surface area contributed by atoms with Gasteiger partial charge in [-0.05, 0) is 42.5 Å². The Labute approximate surface area is 266 Å². The van der Waals surface area contributed by atoms with Gasteiger partial charge in [-0.25, -0.2) is 19.9 Å². The van der Waals surface area contributed by atoms with E-state index in [2.05, 4.69) is 6.07 Å². The molecule has 0 spiro atoms. The Morgan fingerprint density at radius 3 is 1.62 bits per heavy atom. The Kier molecular flexibility index (Phi) is 5.44. The fourth-order valence-electron chi connectivity index (χ4n) is 6.51. The van der Waals surface area contributed by atoms with Gasteiger partial charge in [0.25, 0.3) is 0 Å². The van der Waals surface area contributed by atoms with E-state index in [0.717, 1.165) is 71.6 Å². The van der Waals surface area contributed by atoms with Crippen molar-refractivity contribution in [1.82, 2.24) is 19.9 Å². The van der Waals surface area contributed by atoms with Crippen molar-refractivity contribution >= 4 is 55.0 Å². The summed E-state index contributed by atoms with van der Waals surface area (Å²) in [5, 5.41) is 3.73. The van der Waals surface area contributed by atoms with Crippen molar-refractivity contribution in [3.63, 3.8) is 0 Å². The highest BCUT2D eigenvalue weighted by molar-refractivity contribution is 6.17. The average Bonchev–Trinajstić information content (AvgIpc) is 3.85. The van der Waals surface area contributed by atoms with Crippen LogP contribution in [0.15, 0.2) is 147 Å². The van der Waals surface area contributed by atoms with Gasteiger partial charge in [-0.1, -0.05) is 91.0 Å². The van der Waals surface area contributed by atoms with E-state index in [0.29, 0.717) is 28.9 Å². The smallest absolute Gasteiger partial charge is 0.228 e. The van der Waals surface area contributed by atoms with Crippen molar-refractivity contribution in [2.75, 3.05) is 0 Å². The Morgan fingerprint density at radius 1 is 0.340 bits per heavy atom. The van der Waals surface area contributed by atoms with Crippen LogP contribution in [0, 0.1) is 0 Å². The third-order valence-corrected chi connectivity index (χ3v) is 8.60. The maximum absolute atomic E-state index is 6.42. The Morgan fingerprint density at radius 2 is 0.872 bits per heavy atom. The Bertz CT molecular complexity index is 2780. The molecule has 0 aliphatic carbocycles. The lowest BCUT2D eigenvalue weighted by Gasteiger charge is -2.10. The van der Waals surface area contributed by atoms with Crippen LogP contribution < -0.4 is 0 Å². The van der Waals surface area contributed by atoms with Gasteiger partial charge in [0.15, 0.2) is 23.1 Å². The van der Waals surface area contributed by atoms with Crippen LogP contribution in [0.1, 0.15) is 0 Å². The second-order valence-corrected chi connectivity index (χ2v) is 11.4.